The summed E-state index contributed by atoms with van der Waals surface area (Å²) in [7, 11) is -4.10. The fraction of sp³-hybridized carbons (Fsp3) is 0.0435. The first-order chi connectivity index (χ1) is 16.5. The number of hydrogen-bond acceptors (Lipinski definition) is 7. The lowest BCUT2D eigenvalue weighted by Gasteiger charge is -2.09. The molecule has 0 atom stereocenters. The van der Waals surface area contributed by atoms with Crippen molar-refractivity contribution in [1.29, 1.82) is 5.26 Å². The highest BCUT2D eigenvalue weighted by Gasteiger charge is 2.19. The molecule has 12 heteroatoms. The van der Waals surface area contributed by atoms with Gasteiger partial charge in [-0.05, 0) is 42.8 Å². The van der Waals surface area contributed by atoms with Crippen LogP contribution in [0.1, 0.15) is 11.1 Å². The van der Waals surface area contributed by atoms with Gasteiger partial charge < -0.3 is 9.50 Å². The highest BCUT2D eigenvalue weighted by atomic mass is 35.5. The number of carbonyl (C=O) groups is 1. The minimum Gasteiger partial charge on any atom is -0.379 e. The van der Waals surface area contributed by atoms with Crippen molar-refractivity contribution in [2.24, 2.45) is 0 Å². The number of rotatable bonds is 7. The summed E-state index contributed by atoms with van der Waals surface area (Å²) in [6, 6.07) is 15.6. The van der Waals surface area contributed by atoms with Gasteiger partial charge in [0.25, 0.3) is 11.6 Å². The van der Waals surface area contributed by atoms with Crippen LogP contribution in [0.15, 0.2) is 71.1 Å². The molecule has 9 nitrogen and oxygen atoms in total. The topological polar surface area (TPSA) is 139 Å². The number of nitriles is 1. The summed E-state index contributed by atoms with van der Waals surface area (Å²) in [5, 5.41) is 22.3. The first kappa shape index (κ1) is 25.7. The molecule has 0 aliphatic heterocycles. The number of nitro benzene ring substituents is 1. The number of anilines is 1. The molecule has 0 aromatic heterocycles. The van der Waals surface area contributed by atoms with Crippen molar-refractivity contribution in [2.75, 3.05) is 5.32 Å². The van der Waals surface area contributed by atoms with Crippen LogP contribution in [0.3, 0.4) is 0 Å². The van der Waals surface area contributed by atoms with Gasteiger partial charge in [-0.2, -0.15) is 13.7 Å². The fourth-order valence-electron chi connectivity index (χ4n) is 2.82. The molecule has 3 rings (SSSR count). The van der Waals surface area contributed by atoms with E-state index in [2.05, 4.69) is 5.32 Å². The molecule has 0 aliphatic carbocycles. The summed E-state index contributed by atoms with van der Waals surface area (Å²) in [6.07, 6.45) is 1.20. The summed E-state index contributed by atoms with van der Waals surface area (Å²) < 4.78 is 30.2. The average molecular weight is 532 g/mol. The molecule has 0 spiro atoms. The Morgan fingerprint density at radius 2 is 1.74 bits per heavy atom. The lowest BCUT2D eigenvalue weighted by atomic mass is 10.1. The lowest BCUT2D eigenvalue weighted by Crippen LogP contribution is -2.14. The van der Waals surface area contributed by atoms with Crippen LogP contribution in [-0.4, -0.2) is 19.2 Å². The van der Waals surface area contributed by atoms with Gasteiger partial charge in [0, 0.05) is 12.1 Å². The Balaban J connectivity index is 1.84. The van der Waals surface area contributed by atoms with Gasteiger partial charge in [0.2, 0.25) is 0 Å². The van der Waals surface area contributed by atoms with E-state index in [1.54, 1.807) is 18.2 Å². The second-order valence-corrected chi connectivity index (χ2v) is 9.45. The number of benzene rings is 3. The number of nitrogens with zero attached hydrogens (tertiary/aromatic N) is 2. The van der Waals surface area contributed by atoms with Crippen LogP contribution in [0.4, 0.5) is 11.4 Å². The third-order valence-electron chi connectivity index (χ3n) is 4.53. The van der Waals surface area contributed by atoms with Crippen molar-refractivity contribution in [3.05, 3.63) is 97.5 Å². The van der Waals surface area contributed by atoms with Crippen LogP contribution in [0.5, 0.6) is 5.75 Å². The van der Waals surface area contributed by atoms with Gasteiger partial charge in [-0.3, -0.25) is 14.9 Å². The number of aryl methyl sites for hydroxylation is 1. The van der Waals surface area contributed by atoms with Gasteiger partial charge in [0.1, 0.15) is 22.3 Å². The van der Waals surface area contributed by atoms with E-state index in [9.17, 15) is 28.6 Å². The molecule has 178 valence electrons. The Morgan fingerprint density at radius 3 is 2.31 bits per heavy atom. The summed E-state index contributed by atoms with van der Waals surface area (Å²) in [4.78, 5) is 22.8. The van der Waals surface area contributed by atoms with Gasteiger partial charge in [-0.1, -0.05) is 53.0 Å². The molecule has 0 saturated heterocycles. The number of nitrogens with one attached hydrogen (secondary N) is 1. The molecule has 3 aromatic carbocycles. The van der Waals surface area contributed by atoms with E-state index in [0.29, 0.717) is 5.56 Å². The van der Waals surface area contributed by atoms with E-state index in [0.717, 1.165) is 17.7 Å². The van der Waals surface area contributed by atoms with E-state index in [-0.39, 0.29) is 37.6 Å². The van der Waals surface area contributed by atoms with E-state index in [1.807, 2.05) is 6.92 Å². The quantitative estimate of drug-likeness (QED) is 0.139. The molecule has 0 aliphatic rings. The largest absolute Gasteiger partial charge is 0.379 e. The lowest BCUT2D eigenvalue weighted by molar-refractivity contribution is -0.384. The summed E-state index contributed by atoms with van der Waals surface area (Å²) >= 11 is 12.0. The molecular formula is C23H15Cl2N3O6S. The Labute approximate surface area is 210 Å². The van der Waals surface area contributed by atoms with Crippen LogP contribution >= 0.6 is 23.2 Å². The molecule has 35 heavy (non-hydrogen) atoms. The van der Waals surface area contributed by atoms with Crippen LogP contribution < -0.4 is 9.50 Å². The normalized spacial score (nSPS) is 11.4. The summed E-state index contributed by atoms with van der Waals surface area (Å²) in [6.45, 7) is 1.82. The number of hydrogen-bond donors (Lipinski definition) is 1. The molecule has 0 saturated carbocycles. The third-order valence-corrected chi connectivity index (χ3v) is 6.38. The molecule has 1 N–H and O–H groups in total. The molecular weight excluding hydrogens is 517 g/mol. The van der Waals surface area contributed by atoms with Crippen LogP contribution in [0, 0.1) is 28.4 Å². The first-order valence-electron chi connectivity index (χ1n) is 9.68. The predicted octanol–water partition coefficient (Wildman–Crippen LogP) is 5.52. The third kappa shape index (κ3) is 6.36. The minimum absolute atomic E-state index is 0.0292. The Hall–Kier alpha value is -3.91. The molecule has 0 unspecified atom stereocenters. The second-order valence-electron chi connectivity index (χ2n) is 7.09. The minimum atomic E-state index is -4.10. The smallest absolute Gasteiger partial charge is 0.339 e. The Bertz CT molecular complexity index is 1470. The number of amides is 1. The van der Waals surface area contributed by atoms with Gasteiger partial charge in [0.05, 0.1) is 20.7 Å². The second kappa shape index (κ2) is 10.6. The molecule has 0 radical (unpaired) electrons. The zero-order valence-electron chi connectivity index (χ0n) is 17.9. The van der Waals surface area contributed by atoms with E-state index >= 15 is 0 Å². The Morgan fingerprint density at radius 1 is 1.11 bits per heavy atom. The van der Waals surface area contributed by atoms with Gasteiger partial charge in [-0.15, -0.1) is 0 Å². The van der Waals surface area contributed by atoms with Crippen molar-refractivity contribution in [2.45, 2.75) is 11.8 Å². The standard InChI is InChI=1S/C23H15Cl2N3O6S/c1-14-5-7-19(8-6-14)35(32,33)34-18-4-2-3-15(10-18)9-16(13-26)23(29)27-22-20(24)11-17(28(30)31)12-21(22)25/h2-12H,1H3,(H,27,29)/b16-9+. The zero-order chi connectivity index (χ0) is 25.8. The highest BCUT2D eigenvalue weighted by Crippen LogP contribution is 2.35. The van der Waals surface area contributed by atoms with Crippen molar-refractivity contribution in [1.82, 2.24) is 0 Å². The first-order valence-corrected chi connectivity index (χ1v) is 11.8. The average Bonchev–Trinajstić information content (AvgIpc) is 2.79. The summed E-state index contributed by atoms with van der Waals surface area (Å²) in [5.74, 6) is -0.915. The van der Waals surface area contributed by atoms with Crippen molar-refractivity contribution in [3.8, 4) is 11.8 Å². The number of halogens is 2. The number of non-ortho nitro benzene ring substituents is 1. The van der Waals surface area contributed by atoms with Gasteiger partial charge >= 0.3 is 10.1 Å². The van der Waals surface area contributed by atoms with Crippen molar-refractivity contribution >= 4 is 56.7 Å². The summed E-state index contributed by atoms with van der Waals surface area (Å²) in [5.41, 5.74) is 0.343. The zero-order valence-corrected chi connectivity index (χ0v) is 20.2. The van der Waals surface area contributed by atoms with Crippen LogP contribution in [0.2, 0.25) is 10.0 Å². The monoisotopic (exact) mass is 531 g/mol. The van der Waals surface area contributed by atoms with E-state index < -0.39 is 20.9 Å². The maximum atomic E-state index is 12.6. The maximum absolute atomic E-state index is 12.6. The van der Waals surface area contributed by atoms with Gasteiger partial charge in [-0.25, -0.2) is 0 Å². The van der Waals surface area contributed by atoms with Crippen molar-refractivity contribution < 1.29 is 22.3 Å². The van der Waals surface area contributed by atoms with Crippen molar-refractivity contribution in [3.63, 3.8) is 0 Å². The van der Waals surface area contributed by atoms with Gasteiger partial charge in [0.15, 0.2) is 0 Å². The van der Waals surface area contributed by atoms with E-state index in [1.165, 1.54) is 42.5 Å². The number of nitro groups is 1. The number of carbonyl (C=O) groups excluding carboxylic acids is 1. The molecule has 1 amide bonds. The SMILES string of the molecule is Cc1ccc(S(=O)(=O)Oc2cccc(/C=C(\C#N)C(=O)Nc3c(Cl)cc([N+](=O)[O-])cc3Cl)c2)cc1. The van der Waals surface area contributed by atoms with E-state index in [4.69, 9.17) is 27.4 Å². The predicted molar refractivity (Wildman–Crippen MR) is 131 cm³/mol. The molecule has 0 bridgehead atoms. The highest BCUT2D eigenvalue weighted by molar-refractivity contribution is 7.87. The van der Waals surface area contributed by atoms with Crippen LogP contribution in [-0.2, 0) is 14.9 Å². The molecule has 0 heterocycles. The fourth-order valence-corrected chi connectivity index (χ4v) is 4.31. The maximum Gasteiger partial charge on any atom is 0.339 e. The Kier molecular flexibility index (Phi) is 7.76. The van der Waals surface area contributed by atoms with Crippen LogP contribution in [0.25, 0.3) is 6.08 Å². The molecule has 3 aromatic rings. The molecule has 0 fully saturated rings.